The minimum absolute atomic E-state index is 0.236. The number of para-hydroxylation sites is 1. The molecule has 1 aromatic carbocycles. The molecule has 0 saturated heterocycles. The molecule has 0 aliphatic heterocycles. The highest BCUT2D eigenvalue weighted by Gasteiger charge is 2.12. The Hall–Kier alpha value is -2.89. The van der Waals surface area contributed by atoms with Crippen molar-refractivity contribution in [3.63, 3.8) is 0 Å². The van der Waals surface area contributed by atoms with Crippen LogP contribution in [0.3, 0.4) is 0 Å². The van der Waals surface area contributed by atoms with Crippen molar-refractivity contribution in [1.82, 2.24) is 15.6 Å². The Bertz CT molecular complexity index is 759. The van der Waals surface area contributed by atoms with E-state index in [1.165, 1.54) is 12.3 Å². The average Bonchev–Trinajstić information content (AvgIpc) is 2.66. The van der Waals surface area contributed by atoms with Crippen molar-refractivity contribution in [2.75, 3.05) is 20.2 Å². The van der Waals surface area contributed by atoms with Crippen molar-refractivity contribution in [3.05, 3.63) is 59.4 Å². The van der Waals surface area contributed by atoms with E-state index in [1.807, 2.05) is 38.1 Å². The van der Waals surface area contributed by atoms with Gasteiger partial charge in [0.25, 0.3) is 11.8 Å². The number of methoxy groups -OCH3 is 1. The highest BCUT2D eigenvalue weighted by Crippen LogP contribution is 2.17. The van der Waals surface area contributed by atoms with Gasteiger partial charge in [0.1, 0.15) is 11.4 Å². The number of aromatic nitrogens is 1. The summed E-state index contributed by atoms with van der Waals surface area (Å²) in [6, 6.07) is 10.8. The summed E-state index contributed by atoms with van der Waals surface area (Å²) >= 11 is 0. The maximum absolute atomic E-state index is 12.3. The first-order chi connectivity index (χ1) is 12.5. The van der Waals surface area contributed by atoms with Crippen molar-refractivity contribution in [2.24, 2.45) is 5.92 Å². The Morgan fingerprint density at radius 3 is 2.62 bits per heavy atom. The number of benzene rings is 1. The van der Waals surface area contributed by atoms with E-state index in [0.717, 1.165) is 11.3 Å². The minimum atomic E-state index is -0.276. The molecule has 1 aromatic heterocycles. The van der Waals surface area contributed by atoms with Gasteiger partial charge >= 0.3 is 0 Å². The zero-order valence-electron chi connectivity index (χ0n) is 15.4. The fourth-order valence-corrected chi connectivity index (χ4v) is 2.41. The number of amides is 2. The van der Waals surface area contributed by atoms with Gasteiger partial charge in [0.2, 0.25) is 0 Å². The molecule has 0 unspecified atom stereocenters. The van der Waals surface area contributed by atoms with Crippen molar-refractivity contribution in [3.8, 4) is 5.75 Å². The van der Waals surface area contributed by atoms with E-state index >= 15 is 0 Å². The lowest BCUT2D eigenvalue weighted by molar-refractivity contribution is 0.0944. The van der Waals surface area contributed by atoms with E-state index in [0.29, 0.717) is 31.0 Å². The molecule has 0 spiro atoms. The van der Waals surface area contributed by atoms with Crippen LogP contribution in [0.15, 0.2) is 42.6 Å². The molecule has 6 heteroatoms. The predicted molar refractivity (Wildman–Crippen MR) is 100 cm³/mol. The molecule has 26 heavy (non-hydrogen) atoms. The van der Waals surface area contributed by atoms with Gasteiger partial charge in [-0.1, -0.05) is 32.0 Å². The van der Waals surface area contributed by atoms with Crippen molar-refractivity contribution < 1.29 is 14.3 Å². The lowest BCUT2D eigenvalue weighted by Gasteiger charge is -2.10. The summed E-state index contributed by atoms with van der Waals surface area (Å²) in [5.41, 5.74) is 1.68. The summed E-state index contributed by atoms with van der Waals surface area (Å²) in [6.07, 6.45) is 2.13. The number of hydrogen-bond acceptors (Lipinski definition) is 4. The smallest absolute Gasteiger partial charge is 0.269 e. The summed E-state index contributed by atoms with van der Waals surface area (Å²) in [7, 11) is 1.63. The topological polar surface area (TPSA) is 80.3 Å². The SMILES string of the molecule is COc1ccccc1CCNC(=O)c1ccnc(C(=O)NCC(C)C)c1. The monoisotopic (exact) mass is 355 g/mol. The highest BCUT2D eigenvalue weighted by molar-refractivity contribution is 5.98. The van der Waals surface area contributed by atoms with E-state index in [2.05, 4.69) is 15.6 Å². The summed E-state index contributed by atoms with van der Waals surface area (Å²) in [6.45, 7) is 5.06. The van der Waals surface area contributed by atoms with E-state index in [9.17, 15) is 9.59 Å². The van der Waals surface area contributed by atoms with Crippen molar-refractivity contribution in [1.29, 1.82) is 0 Å². The van der Waals surface area contributed by atoms with Gasteiger partial charge in [0.15, 0.2) is 0 Å². The lowest BCUT2D eigenvalue weighted by atomic mass is 10.1. The van der Waals surface area contributed by atoms with Gasteiger partial charge in [-0.25, -0.2) is 0 Å². The first kappa shape index (κ1) is 19.4. The normalized spacial score (nSPS) is 10.5. The molecule has 0 fully saturated rings. The number of hydrogen-bond donors (Lipinski definition) is 2. The van der Waals surface area contributed by atoms with Crippen LogP contribution in [0.5, 0.6) is 5.75 Å². The maximum atomic E-state index is 12.3. The Morgan fingerprint density at radius 1 is 1.12 bits per heavy atom. The minimum Gasteiger partial charge on any atom is -0.496 e. The second-order valence-corrected chi connectivity index (χ2v) is 6.35. The molecule has 138 valence electrons. The predicted octanol–water partition coefficient (Wildman–Crippen LogP) is 2.45. The summed E-state index contributed by atoms with van der Waals surface area (Å²) < 4.78 is 5.30. The Labute approximate surface area is 154 Å². The maximum Gasteiger partial charge on any atom is 0.269 e. The molecule has 0 aliphatic carbocycles. The van der Waals surface area contributed by atoms with Gasteiger partial charge in [-0.05, 0) is 36.1 Å². The van der Waals surface area contributed by atoms with E-state index in [1.54, 1.807) is 13.2 Å². The van der Waals surface area contributed by atoms with Crippen molar-refractivity contribution >= 4 is 11.8 Å². The Morgan fingerprint density at radius 2 is 1.88 bits per heavy atom. The van der Waals surface area contributed by atoms with E-state index < -0.39 is 0 Å². The quantitative estimate of drug-likeness (QED) is 0.762. The van der Waals surface area contributed by atoms with Crippen LogP contribution >= 0.6 is 0 Å². The van der Waals surface area contributed by atoms with Crippen LogP contribution in [0.2, 0.25) is 0 Å². The second-order valence-electron chi connectivity index (χ2n) is 6.35. The van der Waals surface area contributed by atoms with Crippen LogP contribution in [0, 0.1) is 5.92 Å². The number of carbonyl (C=O) groups is 2. The number of rotatable bonds is 8. The molecule has 1 heterocycles. The van der Waals surface area contributed by atoms with Crippen LogP contribution < -0.4 is 15.4 Å². The fraction of sp³-hybridized carbons (Fsp3) is 0.350. The molecule has 2 aromatic rings. The van der Waals surface area contributed by atoms with Gasteiger partial charge in [0.05, 0.1) is 7.11 Å². The molecule has 2 rings (SSSR count). The number of ether oxygens (including phenoxy) is 1. The molecule has 2 amide bonds. The van der Waals surface area contributed by atoms with Crippen LogP contribution in [-0.2, 0) is 6.42 Å². The van der Waals surface area contributed by atoms with Crippen LogP contribution in [0.4, 0.5) is 0 Å². The molecule has 0 bridgehead atoms. The number of pyridine rings is 1. The first-order valence-corrected chi connectivity index (χ1v) is 8.65. The number of carbonyl (C=O) groups excluding carboxylic acids is 2. The number of nitrogens with one attached hydrogen (secondary N) is 2. The molecule has 0 atom stereocenters. The van der Waals surface area contributed by atoms with Crippen molar-refractivity contribution in [2.45, 2.75) is 20.3 Å². The average molecular weight is 355 g/mol. The van der Waals surface area contributed by atoms with E-state index in [-0.39, 0.29) is 17.5 Å². The van der Waals surface area contributed by atoms with E-state index in [4.69, 9.17) is 4.74 Å². The van der Waals surface area contributed by atoms with Crippen LogP contribution in [0.25, 0.3) is 0 Å². The molecule has 0 aliphatic rings. The van der Waals surface area contributed by atoms with Gasteiger partial charge in [-0.3, -0.25) is 14.6 Å². The van der Waals surface area contributed by atoms with Gasteiger partial charge in [-0.2, -0.15) is 0 Å². The first-order valence-electron chi connectivity index (χ1n) is 8.65. The molecule has 0 radical (unpaired) electrons. The van der Waals surface area contributed by atoms with Gasteiger partial charge < -0.3 is 15.4 Å². The molecule has 0 saturated carbocycles. The Kier molecular flexibility index (Phi) is 7.14. The van der Waals surface area contributed by atoms with Gasteiger partial charge in [0, 0.05) is 24.8 Å². The second kappa shape index (κ2) is 9.56. The molecule has 6 nitrogen and oxygen atoms in total. The lowest BCUT2D eigenvalue weighted by Crippen LogP contribution is -2.29. The molecule has 2 N–H and O–H groups in total. The zero-order chi connectivity index (χ0) is 18.9. The van der Waals surface area contributed by atoms with Crippen LogP contribution in [-0.4, -0.2) is 37.0 Å². The Balaban J connectivity index is 1.93. The summed E-state index contributed by atoms with van der Waals surface area (Å²) in [4.78, 5) is 28.4. The third kappa shape index (κ3) is 5.58. The summed E-state index contributed by atoms with van der Waals surface area (Å²) in [5, 5.41) is 5.66. The molecular weight excluding hydrogens is 330 g/mol. The third-order valence-electron chi connectivity index (χ3n) is 3.80. The molecular formula is C20H25N3O3. The third-order valence-corrected chi connectivity index (χ3v) is 3.80. The van der Waals surface area contributed by atoms with Crippen LogP contribution in [0.1, 0.15) is 40.3 Å². The van der Waals surface area contributed by atoms with Gasteiger partial charge in [-0.15, -0.1) is 0 Å². The largest absolute Gasteiger partial charge is 0.496 e. The highest BCUT2D eigenvalue weighted by atomic mass is 16.5. The fourth-order valence-electron chi connectivity index (χ4n) is 2.41. The summed E-state index contributed by atoms with van der Waals surface area (Å²) in [5.74, 6) is 0.637. The number of nitrogens with zero attached hydrogens (tertiary/aromatic N) is 1. The zero-order valence-corrected chi connectivity index (χ0v) is 15.4. The standard InChI is InChI=1S/C20H25N3O3/c1-14(2)13-23-20(25)17-12-16(9-10-21-17)19(24)22-11-8-15-6-4-5-7-18(15)26-3/h4-7,9-10,12,14H,8,11,13H2,1-3H3,(H,22,24)(H,23,25).